The summed E-state index contributed by atoms with van der Waals surface area (Å²) in [6.45, 7) is 7.10. The van der Waals surface area contributed by atoms with Crippen LogP contribution in [0.4, 0.5) is 11.5 Å². The molecule has 0 bridgehead atoms. The van der Waals surface area contributed by atoms with Gasteiger partial charge < -0.3 is 35.5 Å². The van der Waals surface area contributed by atoms with Crippen LogP contribution in [0.25, 0.3) is 0 Å². The van der Waals surface area contributed by atoms with E-state index in [-0.39, 0.29) is 55.5 Å². The fraction of sp³-hybridized carbons (Fsp3) is 0.324. The molecule has 14 heteroatoms. The van der Waals surface area contributed by atoms with E-state index in [1.807, 2.05) is 89.8 Å². The number of ketones is 1. The van der Waals surface area contributed by atoms with Crippen LogP contribution in [-0.4, -0.2) is 82.3 Å². The Morgan fingerprint density at radius 3 is 2.08 bits per heavy atom. The monoisotopic (exact) mass is 737 g/mol. The van der Waals surface area contributed by atoms with Crippen molar-refractivity contribution in [2.24, 2.45) is 5.73 Å². The summed E-state index contributed by atoms with van der Waals surface area (Å²) in [5.74, 6) is -0.911. The van der Waals surface area contributed by atoms with Gasteiger partial charge in [-0.25, -0.2) is 4.98 Å². The number of aromatic nitrogens is 2. The zero-order chi connectivity index (χ0) is 35.0. The number of hydrogen-bond donors (Lipinski definition) is 3. The third-order valence-electron chi connectivity index (χ3n) is 8.33. The molecule has 51 heavy (non-hydrogen) atoms. The van der Waals surface area contributed by atoms with Crippen molar-refractivity contribution in [2.75, 3.05) is 43.0 Å². The molecular formula is C37H45Cl2N7O5. The van der Waals surface area contributed by atoms with Gasteiger partial charge in [-0.1, -0.05) is 60.7 Å². The number of nitrogens with one attached hydrogen (secondary N) is 2. The van der Waals surface area contributed by atoms with E-state index in [2.05, 4.69) is 20.5 Å². The van der Waals surface area contributed by atoms with E-state index in [4.69, 9.17) is 10.5 Å². The number of hydrogen-bond acceptors (Lipinski definition) is 8. The zero-order valence-corrected chi connectivity index (χ0v) is 30.5. The summed E-state index contributed by atoms with van der Waals surface area (Å²) < 4.78 is 7.48. The average molecular weight is 739 g/mol. The van der Waals surface area contributed by atoms with Gasteiger partial charge in [-0.3, -0.25) is 19.2 Å². The molecule has 3 aromatic carbocycles. The molecule has 1 unspecified atom stereocenters. The predicted octanol–water partition coefficient (Wildman–Crippen LogP) is 4.24. The van der Waals surface area contributed by atoms with Crippen LogP contribution in [0.2, 0.25) is 0 Å². The Balaban J connectivity index is 0.00000351. The molecule has 0 radical (unpaired) electrons. The van der Waals surface area contributed by atoms with Crippen LogP contribution in [0.3, 0.4) is 0 Å². The smallest absolute Gasteiger partial charge is 0.250 e. The van der Waals surface area contributed by atoms with Crippen LogP contribution in [0.1, 0.15) is 48.3 Å². The lowest BCUT2D eigenvalue weighted by Crippen LogP contribution is -2.56. The topological polar surface area (TPSA) is 152 Å². The van der Waals surface area contributed by atoms with Gasteiger partial charge in [0.05, 0.1) is 25.1 Å². The second kappa shape index (κ2) is 18.5. The van der Waals surface area contributed by atoms with Gasteiger partial charge in [0, 0.05) is 43.6 Å². The number of halogens is 2. The van der Waals surface area contributed by atoms with Gasteiger partial charge in [0.25, 0.3) is 5.91 Å². The second-order valence-corrected chi connectivity index (χ2v) is 12.7. The van der Waals surface area contributed by atoms with Crippen molar-refractivity contribution < 1.29 is 23.9 Å². The number of amides is 3. The van der Waals surface area contributed by atoms with Gasteiger partial charge in [0.2, 0.25) is 11.8 Å². The first-order chi connectivity index (χ1) is 23.5. The van der Waals surface area contributed by atoms with Crippen LogP contribution in [-0.2, 0) is 25.7 Å². The van der Waals surface area contributed by atoms with Gasteiger partial charge in [-0.2, -0.15) is 0 Å². The number of piperazine rings is 1. The summed E-state index contributed by atoms with van der Waals surface area (Å²) >= 11 is 0. The Kier molecular flexibility index (Phi) is 14.7. The van der Waals surface area contributed by atoms with Crippen LogP contribution in [0.5, 0.6) is 0 Å². The molecule has 2 atom stereocenters. The van der Waals surface area contributed by atoms with E-state index in [0.29, 0.717) is 31.7 Å². The van der Waals surface area contributed by atoms with Crippen molar-refractivity contribution in [1.82, 2.24) is 19.8 Å². The molecule has 0 saturated carbocycles. The van der Waals surface area contributed by atoms with Crippen LogP contribution in [0.15, 0.2) is 97.5 Å². The van der Waals surface area contributed by atoms with E-state index >= 15 is 0 Å². The summed E-state index contributed by atoms with van der Waals surface area (Å²) in [6.07, 6.45) is 3.12. The Bertz CT molecular complexity index is 1740. The standard InChI is InChI=1S/C37H43N7O5.2ClH/c1-26(45)28-14-16-30(17-15-28)42-18-20-43(21-19-42)35(47)33(29-12-8-5-9-13-29)44-22-32(39-25-44)41-34(46)31(40-36(48)37(2,3)38)24-49-23-27-10-6-4-7-11-27;;/h4-17,22,25,31,33H,18-21,23-24,38H2,1-3H3,(H,40,48)(H,41,46);2*1H/t31-,33?;;/m1../s1. The number of nitrogens with two attached hydrogens (primary N) is 1. The van der Waals surface area contributed by atoms with Crippen molar-refractivity contribution in [3.8, 4) is 0 Å². The number of anilines is 2. The summed E-state index contributed by atoms with van der Waals surface area (Å²) in [4.78, 5) is 60.4. The predicted molar refractivity (Wildman–Crippen MR) is 201 cm³/mol. The average Bonchev–Trinajstić information content (AvgIpc) is 3.56. The van der Waals surface area contributed by atoms with Crippen molar-refractivity contribution >= 4 is 59.8 Å². The minimum atomic E-state index is -1.21. The largest absolute Gasteiger partial charge is 0.374 e. The fourth-order valence-corrected chi connectivity index (χ4v) is 5.49. The van der Waals surface area contributed by atoms with Crippen LogP contribution < -0.4 is 21.3 Å². The van der Waals surface area contributed by atoms with E-state index in [9.17, 15) is 19.2 Å². The van der Waals surface area contributed by atoms with Crippen LogP contribution in [0, 0.1) is 0 Å². The van der Waals surface area contributed by atoms with Gasteiger partial charge in [-0.05, 0) is 56.2 Å². The summed E-state index contributed by atoms with van der Waals surface area (Å²) in [5.41, 5.74) is 8.13. The molecule has 1 saturated heterocycles. The highest BCUT2D eigenvalue weighted by atomic mass is 35.5. The third-order valence-corrected chi connectivity index (χ3v) is 8.33. The molecule has 1 fully saturated rings. The van der Waals surface area contributed by atoms with Crippen molar-refractivity contribution in [3.05, 3.63) is 114 Å². The highest BCUT2D eigenvalue weighted by Gasteiger charge is 2.32. The quantitative estimate of drug-likeness (QED) is 0.172. The number of carbonyl (C=O) groups excluding carboxylic acids is 4. The van der Waals surface area contributed by atoms with Crippen molar-refractivity contribution in [3.63, 3.8) is 0 Å². The Morgan fingerprint density at radius 2 is 1.49 bits per heavy atom. The molecule has 4 N–H and O–H groups in total. The maximum Gasteiger partial charge on any atom is 0.250 e. The van der Waals surface area contributed by atoms with Crippen molar-refractivity contribution in [2.45, 2.75) is 45.0 Å². The molecule has 12 nitrogen and oxygen atoms in total. The number of ether oxygens (including phenoxy) is 1. The molecule has 272 valence electrons. The number of imidazole rings is 1. The normalized spacial score (nSPS) is 14.0. The minimum Gasteiger partial charge on any atom is -0.374 e. The number of nitrogens with zero attached hydrogens (tertiary/aromatic N) is 4. The molecule has 0 aliphatic carbocycles. The lowest BCUT2D eigenvalue weighted by atomic mass is 10.0. The molecule has 1 aliphatic heterocycles. The lowest BCUT2D eigenvalue weighted by molar-refractivity contribution is -0.133. The number of rotatable bonds is 13. The first-order valence-electron chi connectivity index (χ1n) is 16.2. The third kappa shape index (κ3) is 10.9. The zero-order valence-electron chi connectivity index (χ0n) is 28.9. The van der Waals surface area contributed by atoms with Crippen molar-refractivity contribution in [1.29, 1.82) is 0 Å². The number of Topliss-reactive ketones (excluding diaryl/α,β-unsaturated/α-hetero) is 1. The summed E-state index contributed by atoms with van der Waals surface area (Å²) in [6, 6.07) is 24.6. The summed E-state index contributed by atoms with van der Waals surface area (Å²) in [5, 5.41) is 5.46. The van der Waals surface area contributed by atoms with Gasteiger partial charge in [0.1, 0.15) is 12.1 Å². The maximum atomic E-state index is 14.1. The molecule has 2 heterocycles. The van der Waals surface area contributed by atoms with Crippen LogP contribution >= 0.6 is 24.8 Å². The van der Waals surface area contributed by atoms with Gasteiger partial charge in [0.15, 0.2) is 11.6 Å². The second-order valence-electron chi connectivity index (χ2n) is 12.7. The van der Waals surface area contributed by atoms with E-state index < -0.39 is 29.4 Å². The molecule has 5 rings (SSSR count). The lowest BCUT2D eigenvalue weighted by Gasteiger charge is -2.37. The molecule has 0 spiro atoms. The highest BCUT2D eigenvalue weighted by molar-refractivity contribution is 5.98. The molecule has 3 amide bonds. The SMILES string of the molecule is CC(=O)c1ccc(N2CCN(C(=O)C(c3ccccc3)n3cnc(NC(=O)[C@@H](COCc4ccccc4)NC(=O)C(C)(C)N)c3)CC2)cc1.Cl.Cl. The minimum absolute atomic E-state index is 0. The molecule has 4 aromatic rings. The first-order valence-corrected chi connectivity index (χ1v) is 16.2. The fourth-order valence-electron chi connectivity index (χ4n) is 5.49. The molecule has 1 aliphatic rings. The highest BCUT2D eigenvalue weighted by Crippen LogP contribution is 2.25. The number of benzene rings is 3. The summed E-state index contributed by atoms with van der Waals surface area (Å²) in [7, 11) is 0. The Labute approximate surface area is 310 Å². The first kappa shape index (κ1) is 40.7. The number of carbonyl (C=O) groups is 4. The Morgan fingerprint density at radius 1 is 0.882 bits per heavy atom. The molecular weight excluding hydrogens is 693 g/mol. The van der Waals surface area contributed by atoms with E-state index in [1.165, 1.54) is 6.33 Å². The Hall–Kier alpha value is -4.75. The van der Waals surface area contributed by atoms with E-state index in [1.54, 1.807) is 31.5 Å². The van der Waals surface area contributed by atoms with Gasteiger partial charge >= 0.3 is 0 Å². The van der Waals surface area contributed by atoms with Gasteiger partial charge in [-0.15, -0.1) is 24.8 Å². The molecule has 1 aromatic heterocycles. The van der Waals surface area contributed by atoms with E-state index in [0.717, 1.165) is 16.8 Å². The maximum absolute atomic E-state index is 14.1.